The van der Waals surface area contributed by atoms with Crippen LogP contribution in [-0.2, 0) is 6.54 Å². The molecular weight excluding hydrogens is 292 g/mol. The Balaban J connectivity index is 2.15. The minimum absolute atomic E-state index is 0.115. The summed E-state index contributed by atoms with van der Waals surface area (Å²) in [5.74, 6) is -6.03. The van der Waals surface area contributed by atoms with E-state index < -0.39 is 29.0 Å². The van der Waals surface area contributed by atoms with Crippen LogP contribution in [0.5, 0.6) is 0 Å². The second-order valence-electron chi connectivity index (χ2n) is 4.15. The molecule has 0 aliphatic heterocycles. The van der Waals surface area contributed by atoms with E-state index in [0.717, 1.165) is 13.0 Å². The van der Waals surface area contributed by atoms with Crippen LogP contribution in [0.2, 0.25) is 0 Å². The van der Waals surface area contributed by atoms with Crippen molar-refractivity contribution < 1.29 is 22.0 Å². The minimum Gasteiger partial charge on any atom is -0.406 e. The molecule has 5 nitrogen and oxygen atoms in total. The number of benzene rings is 1. The topological polar surface area (TPSA) is 63.0 Å². The van der Waals surface area contributed by atoms with Gasteiger partial charge in [-0.1, -0.05) is 12.0 Å². The van der Waals surface area contributed by atoms with Crippen LogP contribution in [0.25, 0.3) is 0 Å². The maximum atomic E-state index is 13.4. The molecule has 2 rings (SSSR count). The molecule has 9 heteroatoms. The first-order chi connectivity index (χ1) is 10.0. The van der Waals surface area contributed by atoms with Crippen LogP contribution in [0.3, 0.4) is 0 Å². The van der Waals surface area contributed by atoms with E-state index in [1.807, 2.05) is 12.2 Å². The summed E-state index contributed by atoms with van der Waals surface area (Å²) in [6.45, 7) is 2.96. The van der Waals surface area contributed by atoms with Crippen LogP contribution >= 0.6 is 0 Å². The van der Waals surface area contributed by atoms with Gasteiger partial charge in [0.05, 0.1) is 6.54 Å². The molecule has 0 aliphatic rings. The van der Waals surface area contributed by atoms with Crippen molar-refractivity contribution in [2.75, 3.05) is 11.9 Å². The Morgan fingerprint density at radius 3 is 2.38 bits per heavy atom. The van der Waals surface area contributed by atoms with Gasteiger partial charge in [-0.3, -0.25) is 0 Å². The third-order valence-electron chi connectivity index (χ3n) is 2.51. The smallest absolute Gasteiger partial charge is 0.320 e. The quantitative estimate of drug-likeness (QED) is 0.488. The number of nitrogens with one attached hydrogen (secondary N) is 2. The van der Waals surface area contributed by atoms with Crippen LogP contribution in [0.1, 0.15) is 19.2 Å². The highest BCUT2D eigenvalue weighted by Crippen LogP contribution is 2.26. The molecule has 0 unspecified atom stereocenters. The number of anilines is 2. The highest BCUT2D eigenvalue weighted by molar-refractivity contribution is 5.54. The molecule has 1 heterocycles. The summed E-state index contributed by atoms with van der Waals surface area (Å²) < 4.78 is 58.0. The van der Waals surface area contributed by atoms with E-state index in [4.69, 9.17) is 4.42 Å². The van der Waals surface area contributed by atoms with E-state index in [1.165, 1.54) is 0 Å². The van der Waals surface area contributed by atoms with Crippen LogP contribution < -0.4 is 10.6 Å². The predicted molar refractivity (Wildman–Crippen MR) is 65.9 cm³/mol. The molecule has 0 atom stereocenters. The number of halogens is 4. The normalized spacial score (nSPS) is 10.9. The fraction of sp³-hybridized carbons (Fsp3) is 0.333. The van der Waals surface area contributed by atoms with Gasteiger partial charge in [-0.15, -0.1) is 5.10 Å². The molecule has 114 valence electrons. The summed E-state index contributed by atoms with van der Waals surface area (Å²) in [7, 11) is 0. The second-order valence-corrected chi connectivity index (χ2v) is 4.15. The standard InChI is InChI=1S/C12H12F4N4O/c1-2-3-17-5-8-19-20-12(21-8)18-11-9(15)6(13)4-7(14)10(11)16/h4,17H,2-3,5H2,1H3,(H,18,20). The first kappa shape index (κ1) is 15.2. The SMILES string of the molecule is CCCNCc1nnc(Nc2c(F)c(F)cc(F)c2F)o1. The Morgan fingerprint density at radius 1 is 1.10 bits per heavy atom. The second kappa shape index (κ2) is 6.53. The predicted octanol–water partition coefficient (Wildman–Crippen LogP) is 2.87. The molecule has 0 fully saturated rings. The molecule has 1 aromatic carbocycles. The molecule has 0 aliphatic carbocycles. The summed E-state index contributed by atoms with van der Waals surface area (Å²) in [5, 5.41) is 12.1. The molecule has 0 spiro atoms. The third-order valence-corrected chi connectivity index (χ3v) is 2.51. The Kier molecular flexibility index (Phi) is 4.73. The van der Waals surface area contributed by atoms with Crippen LogP contribution in [0.4, 0.5) is 29.3 Å². The lowest BCUT2D eigenvalue weighted by Gasteiger charge is -2.06. The monoisotopic (exact) mass is 304 g/mol. The number of nitrogens with zero attached hydrogens (tertiary/aromatic N) is 2. The minimum atomic E-state index is -1.57. The van der Waals surface area contributed by atoms with Gasteiger partial charge in [-0.25, -0.2) is 17.6 Å². The van der Waals surface area contributed by atoms with Gasteiger partial charge in [0.1, 0.15) is 5.69 Å². The fourth-order valence-electron chi connectivity index (χ4n) is 1.54. The van der Waals surface area contributed by atoms with Crippen LogP contribution in [0.15, 0.2) is 10.5 Å². The zero-order chi connectivity index (χ0) is 15.4. The third kappa shape index (κ3) is 3.48. The molecule has 1 aromatic heterocycles. The zero-order valence-electron chi connectivity index (χ0n) is 11.0. The van der Waals surface area contributed by atoms with Crippen molar-refractivity contribution in [2.45, 2.75) is 19.9 Å². The first-order valence-electron chi connectivity index (χ1n) is 6.16. The summed E-state index contributed by atoms with van der Waals surface area (Å²) in [5.41, 5.74) is -1.02. The van der Waals surface area contributed by atoms with E-state index in [0.29, 0.717) is 0 Å². The van der Waals surface area contributed by atoms with Gasteiger partial charge in [0.25, 0.3) is 0 Å². The molecule has 2 aromatic rings. The maximum absolute atomic E-state index is 13.4. The molecule has 0 radical (unpaired) electrons. The van der Waals surface area contributed by atoms with Gasteiger partial charge in [-0.2, -0.15) is 0 Å². The Morgan fingerprint density at radius 2 is 1.76 bits per heavy atom. The largest absolute Gasteiger partial charge is 0.406 e. The Hall–Kier alpha value is -2.16. The molecule has 2 N–H and O–H groups in total. The Bertz CT molecular complexity index is 606. The number of hydrogen-bond donors (Lipinski definition) is 2. The van der Waals surface area contributed by atoms with E-state index in [-0.39, 0.29) is 24.5 Å². The summed E-state index contributed by atoms with van der Waals surface area (Å²) >= 11 is 0. The van der Waals surface area contributed by atoms with Crippen molar-refractivity contribution in [3.05, 3.63) is 35.2 Å². The number of hydrogen-bond acceptors (Lipinski definition) is 5. The summed E-state index contributed by atoms with van der Waals surface area (Å²) in [4.78, 5) is 0. The first-order valence-corrected chi connectivity index (χ1v) is 6.16. The lowest BCUT2D eigenvalue weighted by atomic mass is 10.2. The highest BCUT2D eigenvalue weighted by Gasteiger charge is 2.20. The summed E-state index contributed by atoms with van der Waals surface area (Å²) in [6, 6.07) is -0.255. The van der Waals surface area contributed by atoms with Crippen molar-refractivity contribution in [3.63, 3.8) is 0 Å². The summed E-state index contributed by atoms with van der Waals surface area (Å²) in [6.07, 6.45) is 0.901. The number of aromatic nitrogens is 2. The van der Waals surface area contributed by atoms with Gasteiger partial charge in [0.2, 0.25) is 5.89 Å². The molecule has 0 saturated heterocycles. The van der Waals surface area contributed by atoms with Crippen molar-refractivity contribution in [2.24, 2.45) is 0 Å². The van der Waals surface area contributed by atoms with Gasteiger partial charge in [0, 0.05) is 6.07 Å². The molecular formula is C12H12F4N4O. The van der Waals surface area contributed by atoms with Gasteiger partial charge >= 0.3 is 6.01 Å². The zero-order valence-corrected chi connectivity index (χ0v) is 11.0. The van der Waals surface area contributed by atoms with Crippen molar-refractivity contribution in [3.8, 4) is 0 Å². The molecule has 0 saturated carbocycles. The lowest BCUT2D eigenvalue weighted by Crippen LogP contribution is -2.13. The van der Waals surface area contributed by atoms with E-state index >= 15 is 0 Å². The van der Waals surface area contributed by atoms with E-state index in [2.05, 4.69) is 15.5 Å². The van der Waals surface area contributed by atoms with Gasteiger partial charge in [-0.05, 0) is 13.0 Å². The lowest BCUT2D eigenvalue weighted by molar-refractivity contribution is 0.455. The fourth-order valence-corrected chi connectivity index (χ4v) is 1.54. The van der Waals surface area contributed by atoms with E-state index in [9.17, 15) is 17.6 Å². The molecule has 0 bridgehead atoms. The van der Waals surface area contributed by atoms with Gasteiger partial charge in [0.15, 0.2) is 23.3 Å². The van der Waals surface area contributed by atoms with Crippen molar-refractivity contribution in [1.82, 2.24) is 15.5 Å². The van der Waals surface area contributed by atoms with Crippen molar-refractivity contribution in [1.29, 1.82) is 0 Å². The highest BCUT2D eigenvalue weighted by atomic mass is 19.2. The average molecular weight is 304 g/mol. The van der Waals surface area contributed by atoms with Gasteiger partial charge < -0.3 is 15.1 Å². The number of rotatable bonds is 6. The average Bonchev–Trinajstić information content (AvgIpc) is 2.89. The van der Waals surface area contributed by atoms with Crippen LogP contribution in [-0.4, -0.2) is 16.7 Å². The maximum Gasteiger partial charge on any atom is 0.320 e. The molecule has 0 amide bonds. The van der Waals surface area contributed by atoms with E-state index in [1.54, 1.807) is 0 Å². The molecule has 21 heavy (non-hydrogen) atoms. The van der Waals surface area contributed by atoms with Crippen LogP contribution in [0, 0.1) is 23.3 Å². The Labute approximate surface area is 117 Å². The van der Waals surface area contributed by atoms with Crippen molar-refractivity contribution >= 4 is 11.7 Å².